The van der Waals surface area contributed by atoms with Crippen molar-refractivity contribution in [2.75, 3.05) is 0 Å². The Morgan fingerprint density at radius 2 is 1.48 bits per heavy atom. The Bertz CT molecular complexity index is 926. The van der Waals surface area contributed by atoms with Gasteiger partial charge >= 0.3 is 0 Å². The average Bonchev–Trinajstić information content (AvgIpc) is 2.72. The molecule has 0 spiro atoms. The van der Waals surface area contributed by atoms with Crippen LogP contribution in [-0.4, -0.2) is 0 Å². The van der Waals surface area contributed by atoms with Crippen LogP contribution in [0.5, 0.6) is 0 Å². The Balaban J connectivity index is 2.02. The molecule has 0 heterocycles. The SMILES string of the molecule is Cc1ccc2c(c1)C(C)(C)c1cc3cc(C(C)C)ccc3cc1-2. The molecule has 3 aromatic carbocycles. The summed E-state index contributed by atoms with van der Waals surface area (Å²) in [5, 5.41) is 2.71. The van der Waals surface area contributed by atoms with Gasteiger partial charge in [-0.2, -0.15) is 0 Å². The lowest BCUT2D eigenvalue weighted by atomic mass is 9.81. The fraction of sp³-hybridized carbons (Fsp3) is 0.304. The quantitative estimate of drug-likeness (QED) is 0.476. The van der Waals surface area contributed by atoms with Gasteiger partial charge in [-0.15, -0.1) is 0 Å². The van der Waals surface area contributed by atoms with E-state index in [1.54, 1.807) is 0 Å². The lowest BCUT2D eigenvalue weighted by Gasteiger charge is -2.22. The molecular weight excluding hydrogens is 276 g/mol. The van der Waals surface area contributed by atoms with Crippen molar-refractivity contribution in [2.45, 2.75) is 46.0 Å². The van der Waals surface area contributed by atoms with Gasteiger partial charge in [0, 0.05) is 5.41 Å². The minimum atomic E-state index is 0.0821. The van der Waals surface area contributed by atoms with Crippen LogP contribution in [0.25, 0.3) is 21.9 Å². The third kappa shape index (κ3) is 2.05. The van der Waals surface area contributed by atoms with Crippen LogP contribution >= 0.6 is 0 Å². The number of benzene rings is 3. The molecule has 0 unspecified atom stereocenters. The molecule has 4 rings (SSSR count). The van der Waals surface area contributed by atoms with E-state index in [4.69, 9.17) is 0 Å². The zero-order valence-corrected chi connectivity index (χ0v) is 14.7. The number of hydrogen-bond donors (Lipinski definition) is 0. The molecule has 0 fully saturated rings. The normalized spacial score (nSPS) is 15.0. The molecule has 0 N–H and O–H groups in total. The van der Waals surface area contributed by atoms with Crippen LogP contribution < -0.4 is 0 Å². The van der Waals surface area contributed by atoms with Gasteiger partial charge in [0.2, 0.25) is 0 Å². The first-order valence-corrected chi connectivity index (χ1v) is 8.57. The predicted molar refractivity (Wildman–Crippen MR) is 100 cm³/mol. The fourth-order valence-electron chi connectivity index (χ4n) is 3.97. The topological polar surface area (TPSA) is 0 Å². The van der Waals surface area contributed by atoms with Crippen molar-refractivity contribution in [2.24, 2.45) is 0 Å². The number of fused-ring (bicyclic) bond motifs is 4. The first-order valence-electron chi connectivity index (χ1n) is 8.57. The number of hydrogen-bond acceptors (Lipinski definition) is 0. The van der Waals surface area contributed by atoms with Crippen LogP contribution in [0, 0.1) is 6.92 Å². The molecule has 3 aromatic rings. The molecule has 0 atom stereocenters. The highest BCUT2D eigenvalue weighted by atomic mass is 14.4. The molecule has 0 saturated carbocycles. The van der Waals surface area contributed by atoms with Crippen molar-refractivity contribution >= 4 is 10.8 Å². The highest BCUT2D eigenvalue weighted by Crippen LogP contribution is 2.50. The molecule has 0 aliphatic heterocycles. The van der Waals surface area contributed by atoms with Crippen molar-refractivity contribution in [1.29, 1.82) is 0 Å². The third-order valence-corrected chi connectivity index (χ3v) is 5.48. The van der Waals surface area contributed by atoms with Crippen LogP contribution in [0.1, 0.15) is 55.9 Å². The number of aryl methyl sites for hydroxylation is 1. The first kappa shape index (κ1) is 14.5. The summed E-state index contributed by atoms with van der Waals surface area (Å²) in [5.41, 5.74) is 8.59. The zero-order valence-electron chi connectivity index (χ0n) is 14.7. The number of rotatable bonds is 1. The van der Waals surface area contributed by atoms with Crippen LogP contribution in [0.3, 0.4) is 0 Å². The molecule has 0 nitrogen and oxygen atoms in total. The highest BCUT2D eigenvalue weighted by molar-refractivity contribution is 5.93. The van der Waals surface area contributed by atoms with Crippen molar-refractivity contribution in [3.63, 3.8) is 0 Å². The van der Waals surface area contributed by atoms with E-state index < -0.39 is 0 Å². The summed E-state index contributed by atoms with van der Waals surface area (Å²) in [4.78, 5) is 0. The smallest absolute Gasteiger partial charge is 0.0159 e. The fourth-order valence-corrected chi connectivity index (χ4v) is 3.97. The molecule has 0 aromatic heterocycles. The van der Waals surface area contributed by atoms with Crippen LogP contribution in [0.15, 0.2) is 48.5 Å². The lowest BCUT2D eigenvalue weighted by Crippen LogP contribution is -2.15. The lowest BCUT2D eigenvalue weighted by molar-refractivity contribution is 0.660. The maximum atomic E-state index is 2.42. The summed E-state index contributed by atoms with van der Waals surface area (Å²) in [5.74, 6) is 0.570. The molecule has 23 heavy (non-hydrogen) atoms. The Hall–Kier alpha value is -2.08. The van der Waals surface area contributed by atoms with E-state index in [-0.39, 0.29) is 5.41 Å². The van der Waals surface area contributed by atoms with Gasteiger partial charge in [0.1, 0.15) is 0 Å². The maximum Gasteiger partial charge on any atom is 0.0159 e. The van der Waals surface area contributed by atoms with Crippen molar-refractivity contribution in [3.8, 4) is 11.1 Å². The zero-order chi connectivity index (χ0) is 16.4. The Kier molecular flexibility index (Phi) is 2.97. The third-order valence-electron chi connectivity index (χ3n) is 5.48. The summed E-state index contributed by atoms with van der Waals surface area (Å²) in [6.07, 6.45) is 0. The van der Waals surface area contributed by atoms with Gasteiger partial charge in [-0.25, -0.2) is 0 Å². The van der Waals surface area contributed by atoms with Crippen LogP contribution in [-0.2, 0) is 5.41 Å². The second kappa shape index (κ2) is 4.71. The van der Waals surface area contributed by atoms with Gasteiger partial charge < -0.3 is 0 Å². The molecule has 0 radical (unpaired) electrons. The van der Waals surface area contributed by atoms with E-state index in [2.05, 4.69) is 83.1 Å². The van der Waals surface area contributed by atoms with Gasteiger partial charge in [-0.3, -0.25) is 0 Å². The van der Waals surface area contributed by atoms with Crippen molar-refractivity contribution < 1.29 is 0 Å². The Morgan fingerprint density at radius 3 is 2.22 bits per heavy atom. The largest absolute Gasteiger partial charge is 0.0587 e. The van der Waals surface area contributed by atoms with Gasteiger partial charge in [0.05, 0.1) is 0 Å². The minimum absolute atomic E-state index is 0.0821. The molecule has 1 aliphatic rings. The van der Waals surface area contributed by atoms with Gasteiger partial charge in [0.25, 0.3) is 0 Å². The minimum Gasteiger partial charge on any atom is -0.0587 e. The Morgan fingerprint density at radius 1 is 0.739 bits per heavy atom. The standard InChI is InChI=1S/C23H24/c1-14(2)16-7-8-17-12-20-19-9-6-15(3)10-21(19)23(4,5)22(20)13-18(17)11-16/h6-14H,1-5H3. The first-order chi connectivity index (χ1) is 10.9. The van der Waals surface area contributed by atoms with Crippen molar-refractivity contribution in [3.05, 3.63) is 70.8 Å². The van der Waals surface area contributed by atoms with Gasteiger partial charge in [-0.05, 0) is 63.6 Å². The summed E-state index contributed by atoms with van der Waals surface area (Å²) in [6.45, 7) is 11.4. The molecule has 0 saturated heterocycles. The summed E-state index contributed by atoms with van der Waals surface area (Å²) >= 11 is 0. The molecule has 0 amide bonds. The maximum absolute atomic E-state index is 2.42. The Labute approximate surface area is 139 Å². The molecule has 1 aliphatic carbocycles. The van der Waals surface area contributed by atoms with E-state index in [1.807, 2.05) is 0 Å². The van der Waals surface area contributed by atoms with E-state index in [0.29, 0.717) is 5.92 Å². The van der Waals surface area contributed by atoms with Crippen LogP contribution in [0.2, 0.25) is 0 Å². The molecule has 0 heteroatoms. The van der Waals surface area contributed by atoms with Crippen molar-refractivity contribution in [1.82, 2.24) is 0 Å². The molecule has 116 valence electrons. The summed E-state index contributed by atoms with van der Waals surface area (Å²) in [7, 11) is 0. The average molecular weight is 300 g/mol. The summed E-state index contributed by atoms with van der Waals surface area (Å²) in [6, 6.07) is 18.6. The monoisotopic (exact) mass is 300 g/mol. The second-order valence-electron chi connectivity index (χ2n) is 7.83. The molecule has 0 bridgehead atoms. The van der Waals surface area contributed by atoms with E-state index >= 15 is 0 Å². The van der Waals surface area contributed by atoms with Crippen LogP contribution in [0.4, 0.5) is 0 Å². The predicted octanol–water partition coefficient (Wildman–Crippen LogP) is 6.58. The van der Waals surface area contributed by atoms with E-state index in [0.717, 1.165) is 0 Å². The van der Waals surface area contributed by atoms with Gasteiger partial charge in [0.15, 0.2) is 0 Å². The highest BCUT2D eigenvalue weighted by Gasteiger charge is 2.35. The van der Waals surface area contributed by atoms with E-state index in [1.165, 1.54) is 44.2 Å². The summed E-state index contributed by atoms with van der Waals surface area (Å²) < 4.78 is 0. The van der Waals surface area contributed by atoms with Gasteiger partial charge in [-0.1, -0.05) is 69.7 Å². The van der Waals surface area contributed by atoms with E-state index in [9.17, 15) is 0 Å². The second-order valence-corrected chi connectivity index (χ2v) is 7.83. The molecular formula is C23H24.